The van der Waals surface area contributed by atoms with Crippen LogP contribution in [0.3, 0.4) is 0 Å². The molecule has 2 rings (SSSR count). The van der Waals surface area contributed by atoms with Gasteiger partial charge in [-0.25, -0.2) is 9.18 Å². The van der Waals surface area contributed by atoms with Crippen molar-refractivity contribution >= 4 is 23.5 Å². The number of carbonyl (C=O) groups is 3. The first-order valence-corrected chi connectivity index (χ1v) is 7.39. The first kappa shape index (κ1) is 16.7. The lowest BCUT2D eigenvalue weighted by Crippen LogP contribution is -2.60. The summed E-state index contributed by atoms with van der Waals surface area (Å²) in [5.74, 6) is -1.19. The Morgan fingerprint density at radius 3 is 2.70 bits per heavy atom. The van der Waals surface area contributed by atoms with E-state index in [1.807, 2.05) is 0 Å². The molecule has 0 radical (unpaired) electrons. The third-order valence-electron chi connectivity index (χ3n) is 3.43. The minimum Gasteiger partial charge on any atom is -0.353 e. The first-order valence-electron chi connectivity index (χ1n) is 7.39. The SMILES string of the molecule is CCNC(=O)N1CCNC(=O)[C@@H]1CC(=O)Nc1ccc(F)cc1. The van der Waals surface area contributed by atoms with Crippen molar-refractivity contribution < 1.29 is 18.8 Å². The Hall–Kier alpha value is -2.64. The maximum atomic E-state index is 12.8. The fourth-order valence-corrected chi connectivity index (χ4v) is 2.33. The van der Waals surface area contributed by atoms with Gasteiger partial charge in [-0.3, -0.25) is 9.59 Å². The van der Waals surface area contributed by atoms with Gasteiger partial charge in [0.1, 0.15) is 11.9 Å². The Morgan fingerprint density at radius 1 is 1.35 bits per heavy atom. The number of rotatable bonds is 4. The Kier molecular flexibility index (Phi) is 5.51. The second-order valence-corrected chi connectivity index (χ2v) is 5.09. The highest BCUT2D eigenvalue weighted by Gasteiger charge is 2.34. The summed E-state index contributed by atoms with van der Waals surface area (Å²) in [6, 6.07) is 4.07. The van der Waals surface area contributed by atoms with E-state index in [0.717, 1.165) is 0 Å². The highest BCUT2D eigenvalue weighted by Crippen LogP contribution is 2.13. The van der Waals surface area contributed by atoms with E-state index >= 15 is 0 Å². The van der Waals surface area contributed by atoms with Gasteiger partial charge in [-0.15, -0.1) is 0 Å². The molecule has 23 heavy (non-hydrogen) atoms. The molecule has 0 saturated carbocycles. The summed E-state index contributed by atoms with van der Waals surface area (Å²) in [7, 11) is 0. The average Bonchev–Trinajstić information content (AvgIpc) is 2.52. The van der Waals surface area contributed by atoms with Crippen molar-refractivity contribution in [2.24, 2.45) is 0 Å². The van der Waals surface area contributed by atoms with Crippen molar-refractivity contribution in [3.05, 3.63) is 30.1 Å². The summed E-state index contributed by atoms with van der Waals surface area (Å²) < 4.78 is 12.8. The predicted molar refractivity (Wildman–Crippen MR) is 82.2 cm³/mol. The van der Waals surface area contributed by atoms with Crippen LogP contribution in [0.5, 0.6) is 0 Å². The second-order valence-electron chi connectivity index (χ2n) is 5.09. The van der Waals surface area contributed by atoms with Crippen molar-refractivity contribution in [3.63, 3.8) is 0 Å². The predicted octanol–water partition coefficient (Wildman–Crippen LogP) is 0.684. The van der Waals surface area contributed by atoms with Gasteiger partial charge in [0.05, 0.1) is 6.42 Å². The quantitative estimate of drug-likeness (QED) is 0.761. The molecule has 8 heteroatoms. The van der Waals surface area contributed by atoms with Crippen molar-refractivity contribution in [3.8, 4) is 0 Å². The van der Waals surface area contributed by atoms with Crippen LogP contribution in [0.1, 0.15) is 13.3 Å². The lowest BCUT2D eigenvalue weighted by Gasteiger charge is -2.34. The number of amides is 4. The molecule has 0 aromatic heterocycles. The van der Waals surface area contributed by atoms with Crippen molar-refractivity contribution in [1.82, 2.24) is 15.5 Å². The van der Waals surface area contributed by atoms with Crippen LogP contribution >= 0.6 is 0 Å². The molecule has 124 valence electrons. The van der Waals surface area contributed by atoms with Crippen LogP contribution in [-0.4, -0.2) is 48.4 Å². The fraction of sp³-hybridized carbons (Fsp3) is 0.400. The van der Waals surface area contributed by atoms with Crippen LogP contribution in [0.15, 0.2) is 24.3 Å². The lowest BCUT2D eigenvalue weighted by molar-refractivity contribution is -0.131. The summed E-state index contributed by atoms with van der Waals surface area (Å²) in [6.07, 6.45) is -0.166. The van der Waals surface area contributed by atoms with Crippen LogP contribution in [0.4, 0.5) is 14.9 Å². The summed E-state index contributed by atoms with van der Waals surface area (Å²) in [5, 5.41) is 7.86. The van der Waals surface area contributed by atoms with Gasteiger partial charge in [-0.2, -0.15) is 0 Å². The van der Waals surface area contributed by atoms with E-state index in [4.69, 9.17) is 0 Å². The molecular weight excluding hydrogens is 303 g/mol. The van der Waals surface area contributed by atoms with Crippen LogP contribution < -0.4 is 16.0 Å². The molecule has 1 aliphatic heterocycles. The number of nitrogens with zero attached hydrogens (tertiary/aromatic N) is 1. The van der Waals surface area contributed by atoms with Gasteiger partial charge >= 0.3 is 6.03 Å². The number of nitrogens with one attached hydrogen (secondary N) is 3. The maximum absolute atomic E-state index is 12.8. The normalized spacial score (nSPS) is 17.4. The Balaban J connectivity index is 2.01. The molecule has 1 aliphatic rings. The number of benzene rings is 1. The molecule has 1 fully saturated rings. The summed E-state index contributed by atoms with van der Waals surface area (Å²) >= 11 is 0. The molecule has 0 aliphatic carbocycles. The highest BCUT2D eigenvalue weighted by atomic mass is 19.1. The first-order chi connectivity index (χ1) is 11.0. The molecule has 1 heterocycles. The summed E-state index contributed by atoms with van der Waals surface area (Å²) in [5.41, 5.74) is 0.428. The average molecular weight is 322 g/mol. The highest BCUT2D eigenvalue weighted by molar-refractivity contribution is 5.97. The van der Waals surface area contributed by atoms with Crippen LogP contribution in [-0.2, 0) is 9.59 Å². The number of halogens is 1. The Bertz CT molecular complexity index is 591. The molecule has 3 N–H and O–H groups in total. The van der Waals surface area contributed by atoms with E-state index in [9.17, 15) is 18.8 Å². The van der Waals surface area contributed by atoms with Crippen LogP contribution in [0.2, 0.25) is 0 Å². The van der Waals surface area contributed by atoms with Crippen molar-refractivity contribution in [1.29, 1.82) is 0 Å². The minimum absolute atomic E-state index is 0.166. The third kappa shape index (κ3) is 4.41. The fourth-order valence-electron chi connectivity index (χ4n) is 2.33. The largest absolute Gasteiger partial charge is 0.353 e. The zero-order chi connectivity index (χ0) is 16.8. The van der Waals surface area contributed by atoms with Gasteiger partial charge in [0.25, 0.3) is 0 Å². The molecule has 1 saturated heterocycles. The van der Waals surface area contributed by atoms with Crippen LogP contribution in [0.25, 0.3) is 0 Å². The van der Waals surface area contributed by atoms with Gasteiger partial charge in [0, 0.05) is 25.3 Å². The number of hydrogen-bond donors (Lipinski definition) is 3. The maximum Gasteiger partial charge on any atom is 0.318 e. The van der Waals surface area contributed by atoms with E-state index in [0.29, 0.717) is 25.3 Å². The summed E-state index contributed by atoms with van der Waals surface area (Å²) in [6.45, 7) is 2.90. The van der Waals surface area contributed by atoms with Gasteiger partial charge in [-0.1, -0.05) is 0 Å². The van der Waals surface area contributed by atoms with Crippen LogP contribution in [0, 0.1) is 5.82 Å². The number of anilines is 1. The molecule has 1 aromatic rings. The smallest absolute Gasteiger partial charge is 0.318 e. The van der Waals surface area contributed by atoms with Gasteiger partial charge in [-0.05, 0) is 31.2 Å². The van der Waals surface area contributed by atoms with E-state index in [-0.39, 0.29) is 18.4 Å². The summed E-state index contributed by atoms with van der Waals surface area (Å²) in [4.78, 5) is 37.4. The Morgan fingerprint density at radius 2 is 2.04 bits per heavy atom. The number of piperazine rings is 1. The van der Waals surface area contributed by atoms with Gasteiger partial charge < -0.3 is 20.9 Å². The van der Waals surface area contributed by atoms with E-state index < -0.39 is 17.8 Å². The minimum atomic E-state index is -0.865. The molecular formula is C15H19FN4O3. The van der Waals surface area contributed by atoms with E-state index in [1.165, 1.54) is 29.2 Å². The van der Waals surface area contributed by atoms with Crippen molar-refractivity contribution in [2.75, 3.05) is 25.0 Å². The standard InChI is InChI=1S/C15H19FN4O3/c1-2-17-15(23)20-8-7-18-14(22)12(20)9-13(21)19-11-5-3-10(16)4-6-11/h3-6,12H,2,7-9H2,1H3,(H,17,23)(H,18,22)(H,19,21)/t12-/m0/s1. The second kappa shape index (κ2) is 7.57. The van der Waals surface area contributed by atoms with Gasteiger partial charge in [0.15, 0.2) is 0 Å². The number of hydrogen-bond acceptors (Lipinski definition) is 3. The zero-order valence-corrected chi connectivity index (χ0v) is 12.8. The molecule has 0 unspecified atom stereocenters. The Labute approximate surface area is 133 Å². The molecule has 4 amide bonds. The number of carbonyl (C=O) groups excluding carboxylic acids is 3. The third-order valence-corrected chi connectivity index (χ3v) is 3.43. The molecule has 7 nitrogen and oxygen atoms in total. The lowest BCUT2D eigenvalue weighted by atomic mass is 10.1. The van der Waals surface area contributed by atoms with Crippen molar-refractivity contribution in [2.45, 2.75) is 19.4 Å². The zero-order valence-electron chi connectivity index (χ0n) is 12.8. The number of urea groups is 1. The topological polar surface area (TPSA) is 90.5 Å². The monoisotopic (exact) mass is 322 g/mol. The van der Waals surface area contributed by atoms with E-state index in [2.05, 4.69) is 16.0 Å². The molecule has 0 bridgehead atoms. The van der Waals surface area contributed by atoms with E-state index in [1.54, 1.807) is 6.92 Å². The van der Waals surface area contributed by atoms with Gasteiger partial charge in [0.2, 0.25) is 11.8 Å². The molecule has 1 aromatic carbocycles. The molecule has 0 spiro atoms. The molecule has 1 atom stereocenters.